The number of halogens is 2. The minimum Gasteiger partial charge on any atom is -0.380 e. The van der Waals surface area contributed by atoms with Crippen LogP contribution in [0, 0.1) is 11.6 Å². The van der Waals surface area contributed by atoms with E-state index in [0.29, 0.717) is 44.2 Å². The van der Waals surface area contributed by atoms with Crippen LogP contribution in [0.4, 0.5) is 8.78 Å². The van der Waals surface area contributed by atoms with Crippen LogP contribution in [0.3, 0.4) is 0 Å². The molecule has 0 amide bonds. The molecule has 0 bridgehead atoms. The number of nitrogens with zero attached hydrogens (tertiary/aromatic N) is 1. The molecule has 0 heterocycles. The second-order valence-electron chi connectivity index (χ2n) is 4.37. The van der Waals surface area contributed by atoms with Crippen LogP contribution in [0.1, 0.15) is 19.4 Å². The first-order valence-electron chi connectivity index (χ1n) is 7.21. The maximum atomic E-state index is 13.5. The van der Waals surface area contributed by atoms with Crippen LogP contribution in [-0.4, -0.2) is 38.8 Å². The number of nitrogens with one attached hydrogen (secondary N) is 2. The summed E-state index contributed by atoms with van der Waals surface area (Å²) >= 11 is 0. The predicted molar refractivity (Wildman–Crippen MR) is 80.5 cm³/mol. The van der Waals surface area contributed by atoms with Crippen LogP contribution in [-0.2, 0) is 11.2 Å². The van der Waals surface area contributed by atoms with Crippen molar-refractivity contribution in [1.29, 1.82) is 0 Å². The molecule has 0 aliphatic rings. The lowest BCUT2D eigenvalue weighted by atomic mass is 10.1. The maximum Gasteiger partial charge on any atom is 0.191 e. The van der Waals surface area contributed by atoms with E-state index in [1.54, 1.807) is 0 Å². The molecule has 0 aromatic heterocycles. The quantitative estimate of drug-likeness (QED) is 0.439. The molecule has 6 heteroatoms. The van der Waals surface area contributed by atoms with Crippen molar-refractivity contribution < 1.29 is 13.5 Å². The number of aliphatic imine (C=N–C) groups is 1. The molecule has 0 aliphatic heterocycles. The van der Waals surface area contributed by atoms with Gasteiger partial charge in [-0.1, -0.05) is 0 Å². The van der Waals surface area contributed by atoms with Gasteiger partial charge in [0.2, 0.25) is 0 Å². The second-order valence-corrected chi connectivity index (χ2v) is 4.37. The van der Waals surface area contributed by atoms with E-state index < -0.39 is 11.6 Å². The normalized spacial score (nSPS) is 11.5. The highest BCUT2D eigenvalue weighted by Crippen LogP contribution is 2.09. The fraction of sp³-hybridized carbons (Fsp3) is 0.533. The third-order valence-electron chi connectivity index (χ3n) is 2.75. The van der Waals surface area contributed by atoms with Crippen LogP contribution in [0.15, 0.2) is 23.2 Å². The van der Waals surface area contributed by atoms with Gasteiger partial charge in [-0.05, 0) is 44.0 Å². The standard InChI is InChI=1S/C15H23F2N3O/c1-3-18-15(20-9-10-21-4-2)19-8-7-12-11-13(16)5-6-14(12)17/h5-6,11H,3-4,7-10H2,1-2H3,(H2,18,19,20). The van der Waals surface area contributed by atoms with E-state index in [1.807, 2.05) is 13.8 Å². The first kappa shape index (κ1) is 17.4. The van der Waals surface area contributed by atoms with Gasteiger partial charge in [0.1, 0.15) is 11.6 Å². The summed E-state index contributed by atoms with van der Waals surface area (Å²) in [6, 6.07) is 3.48. The van der Waals surface area contributed by atoms with E-state index >= 15 is 0 Å². The van der Waals surface area contributed by atoms with Gasteiger partial charge >= 0.3 is 0 Å². The summed E-state index contributed by atoms with van der Waals surface area (Å²) in [6.45, 7) is 6.88. The van der Waals surface area contributed by atoms with Crippen LogP contribution in [0.25, 0.3) is 0 Å². The Bertz CT molecular complexity index is 453. The molecule has 1 aromatic rings. The van der Waals surface area contributed by atoms with Crippen molar-refractivity contribution >= 4 is 5.96 Å². The largest absolute Gasteiger partial charge is 0.380 e. The summed E-state index contributed by atoms with van der Waals surface area (Å²) in [5.41, 5.74) is 0.354. The van der Waals surface area contributed by atoms with E-state index in [4.69, 9.17) is 4.74 Å². The van der Waals surface area contributed by atoms with Gasteiger partial charge in [-0.15, -0.1) is 0 Å². The summed E-state index contributed by atoms with van der Waals surface area (Å²) in [7, 11) is 0. The number of rotatable bonds is 8. The van der Waals surface area contributed by atoms with E-state index in [9.17, 15) is 8.78 Å². The topological polar surface area (TPSA) is 45.7 Å². The van der Waals surface area contributed by atoms with Gasteiger partial charge in [-0.25, -0.2) is 8.78 Å². The van der Waals surface area contributed by atoms with E-state index in [0.717, 1.165) is 18.7 Å². The average Bonchev–Trinajstić information content (AvgIpc) is 2.47. The molecular weight excluding hydrogens is 276 g/mol. The molecule has 0 spiro atoms. The Morgan fingerprint density at radius 1 is 1.24 bits per heavy atom. The lowest BCUT2D eigenvalue weighted by Gasteiger charge is -2.11. The van der Waals surface area contributed by atoms with Crippen LogP contribution in [0.5, 0.6) is 0 Å². The van der Waals surface area contributed by atoms with Gasteiger partial charge in [0.25, 0.3) is 0 Å². The van der Waals surface area contributed by atoms with Gasteiger partial charge < -0.3 is 15.4 Å². The summed E-state index contributed by atoms with van der Waals surface area (Å²) in [5.74, 6) is -0.172. The van der Waals surface area contributed by atoms with Gasteiger partial charge in [0, 0.05) is 19.7 Å². The van der Waals surface area contributed by atoms with Crippen LogP contribution < -0.4 is 10.6 Å². The summed E-state index contributed by atoms with van der Waals surface area (Å²) < 4.78 is 31.7. The lowest BCUT2D eigenvalue weighted by molar-refractivity contribution is 0.155. The molecule has 0 saturated heterocycles. The summed E-state index contributed by atoms with van der Waals surface area (Å²) in [4.78, 5) is 4.32. The van der Waals surface area contributed by atoms with Gasteiger partial charge in [0.05, 0.1) is 13.2 Å². The number of hydrogen-bond acceptors (Lipinski definition) is 2. The van der Waals surface area contributed by atoms with Crippen molar-refractivity contribution in [2.24, 2.45) is 4.99 Å². The molecule has 1 rings (SSSR count). The Labute approximate surface area is 124 Å². The number of guanidine groups is 1. The smallest absolute Gasteiger partial charge is 0.191 e. The highest BCUT2D eigenvalue weighted by atomic mass is 19.1. The Kier molecular flexibility index (Phi) is 8.35. The van der Waals surface area contributed by atoms with Crippen molar-refractivity contribution in [2.75, 3.05) is 32.8 Å². The van der Waals surface area contributed by atoms with Crippen molar-refractivity contribution in [1.82, 2.24) is 10.6 Å². The molecule has 0 fully saturated rings. The molecule has 0 aliphatic carbocycles. The van der Waals surface area contributed by atoms with E-state index in [1.165, 1.54) is 6.07 Å². The molecule has 118 valence electrons. The van der Waals surface area contributed by atoms with Crippen LogP contribution in [0.2, 0.25) is 0 Å². The molecule has 1 aromatic carbocycles. The molecule has 4 nitrogen and oxygen atoms in total. The highest BCUT2D eigenvalue weighted by Gasteiger charge is 2.04. The lowest BCUT2D eigenvalue weighted by Crippen LogP contribution is -2.38. The van der Waals surface area contributed by atoms with Crippen molar-refractivity contribution in [3.8, 4) is 0 Å². The number of benzene rings is 1. The van der Waals surface area contributed by atoms with Crippen molar-refractivity contribution in [2.45, 2.75) is 20.3 Å². The maximum absolute atomic E-state index is 13.5. The van der Waals surface area contributed by atoms with Crippen LogP contribution >= 0.6 is 0 Å². The molecular formula is C15H23F2N3O. The van der Waals surface area contributed by atoms with Crippen molar-refractivity contribution in [3.05, 3.63) is 35.4 Å². The molecule has 2 N–H and O–H groups in total. The Hall–Kier alpha value is -1.69. The fourth-order valence-electron chi connectivity index (χ4n) is 1.76. The zero-order valence-corrected chi connectivity index (χ0v) is 12.6. The summed E-state index contributed by atoms with van der Waals surface area (Å²) in [5, 5.41) is 6.17. The van der Waals surface area contributed by atoms with Crippen molar-refractivity contribution in [3.63, 3.8) is 0 Å². The third kappa shape index (κ3) is 7.04. The summed E-state index contributed by atoms with van der Waals surface area (Å²) in [6.07, 6.45) is 0.388. The number of ether oxygens (including phenoxy) is 1. The van der Waals surface area contributed by atoms with E-state index in [-0.39, 0.29) is 0 Å². The first-order valence-corrected chi connectivity index (χ1v) is 7.21. The predicted octanol–water partition coefficient (Wildman–Crippen LogP) is 2.10. The zero-order valence-electron chi connectivity index (χ0n) is 12.6. The molecule has 21 heavy (non-hydrogen) atoms. The minimum absolute atomic E-state index is 0.354. The highest BCUT2D eigenvalue weighted by molar-refractivity contribution is 5.79. The molecule has 0 saturated carbocycles. The second kappa shape index (κ2) is 10.1. The molecule has 0 radical (unpaired) electrons. The first-order chi connectivity index (χ1) is 10.2. The third-order valence-corrected chi connectivity index (χ3v) is 2.75. The molecule has 0 unspecified atom stereocenters. The Balaban J connectivity index is 2.43. The fourth-order valence-corrected chi connectivity index (χ4v) is 1.76. The Morgan fingerprint density at radius 3 is 2.76 bits per heavy atom. The van der Waals surface area contributed by atoms with Gasteiger partial charge in [0.15, 0.2) is 5.96 Å². The van der Waals surface area contributed by atoms with E-state index in [2.05, 4.69) is 15.6 Å². The van der Waals surface area contributed by atoms with Gasteiger partial charge in [-0.2, -0.15) is 0 Å². The molecule has 0 atom stereocenters. The number of hydrogen-bond donors (Lipinski definition) is 2. The SMILES string of the molecule is CCNC(=NCCOCC)NCCc1cc(F)ccc1F. The minimum atomic E-state index is -0.427. The average molecular weight is 299 g/mol. The Morgan fingerprint density at radius 2 is 2.05 bits per heavy atom. The monoisotopic (exact) mass is 299 g/mol. The van der Waals surface area contributed by atoms with Gasteiger partial charge in [-0.3, -0.25) is 4.99 Å². The zero-order chi connectivity index (χ0) is 15.5.